The summed E-state index contributed by atoms with van der Waals surface area (Å²) in [6, 6.07) is 0. The van der Waals surface area contributed by atoms with Crippen LogP contribution in [0.3, 0.4) is 0 Å². The van der Waals surface area contributed by atoms with Gasteiger partial charge < -0.3 is 0 Å². The lowest BCUT2D eigenvalue weighted by atomic mass is 10.8. The van der Waals surface area contributed by atoms with E-state index >= 15 is 0 Å². The Bertz CT molecular complexity index is 67.0. The quantitative estimate of drug-likeness (QED) is 0.324. The van der Waals surface area contributed by atoms with Crippen molar-refractivity contribution in [1.82, 2.24) is 0 Å². The van der Waals surface area contributed by atoms with Gasteiger partial charge in [0.25, 0.3) is 0 Å². The first-order chi connectivity index (χ1) is 1.89. The van der Waals surface area contributed by atoms with Crippen molar-refractivity contribution < 1.29 is 0 Å². The molecule has 20 valence electrons. The topological polar surface area (TPSA) is 0 Å². The third-order valence-corrected chi connectivity index (χ3v) is 0.711. The van der Waals surface area contributed by atoms with Gasteiger partial charge in [-0.15, -0.1) is 0 Å². The lowest BCUT2D eigenvalue weighted by Gasteiger charge is -1.53. The summed E-state index contributed by atoms with van der Waals surface area (Å²) in [6.07, 6.45) is 0. The Labute approximate surface area is 33.3 Å². The van der Waals surface area contributed by atoms with Crippen LogP contribution in [0.4, 0.5) is 0 Å². The van der Waals surface area contributed by atoms with E-state index in [1.807, 2.05) is 0 Å². The molecule has 0 nitrogen and oxygen atoms in total. The molecule has 0 bridgehead atoms. The van der Waals surface area contributed by atoms with Gasteiger partial charge in [-0.2, -0.15) is 0 Å². The highest BCUT2D eigenvalue weighted by molar-refractivity contribution is 9.10. The Morgan fingerprint density at radius 1 is 1.50 bits per heavy atom. The number of alkyl halides is 1. The van der Waals surface area contributed by atoms with Crippen molar-refractivity contribution in [3.63, 3.8) is 0 Å². The molecule has 0 amide bonds. The van der Waals surface area contributed by atoms with Crippen molar-refractivity contribution in [3.8, 4) is 11.8 Å². The van der Waals surface area contributed by atoms with E-state index in [4.69, 9.17) is 0 Å². The number of halogens is 1. The van der Waals surface area contributed by atoms with Gasteiger partial charge in [0.1, 0.15) is 4.83 Å². The van der Waals surface area contributed by atoms with Crippen LogP contribution in [0.5, 0.6) is 0 Å². The third kappa shape index (κ3) is 0.239. The summed E-state index contributed by atoms with van der Waals surface area (Å²) in [5.74, 6) is 5.53. The molecule has 0 heterocycles. The fourth-order valence-electron chi connectivity index (χ4n) is 0.0315. The minimum absolute atomic E-state index is 0.396. The Balaban J connectivity index is 2.38. The van der Waals surface area contributed by atoms with E-state index in [0.717, 1.165) is 0 Å². The van der Waals surface area contributed by atoms with E-state index < -0.39 is 0 Å². The molecule has 0 N–H and O–H groups in total. The second kappa shape index (κ2) is 0.498. The molecule has 0 aliphatic heterocycles. The maximum atomic E-state index is 3.16. The van der Waals surface area contributed by atoms with Gasteiger partial charge in [0, 0.05) is 0 Å². The van der Waals surface area contributed by atoms with Gasteiger partial charge in [-0.25, -0.2) is 0 Å². The minimum atomic E-state index is 0.396. The molecular formula is C3HBr. The molecule has 0 aromatic carbocycles. The van der Waals surface area contributed by atoms with Crippen molar-refractivity contribution in [2.45, 2.75) is 4.83 Å². The van der Waals surface area contributed by atoms with Crippen LogP contribution in [-0.4, -0.2) is 4.83 Å². The maximum Gasteiger partial charge on any atom is 0.136 e. The molecule has 0 radical (unpaired) electrons. The first-order valence-electron chi connectivity index (χ1n) is 1.05. The third-order valence-electron chi connectivity index (χ3n) is 0.253. The van der Waals surface area contributed by atoms with E-state index in [2.05, 4.69) is 27.8 Å². The van der Waals surface area contributed by atoms with E-state index in [1.165, 1.54) is 0 Å². The highest BCUT2D eigenvalue weighted by atomic mass is 79.9. The largest absolute Gasteiger partial charge is 0.136 e. The van der Waals surface area contributed by atoms with Gasteiger partial charge in [-0.3, -0.25) is 0 Å². The van der Waals surface area contributed by atoms with Crippen LogP contribution < -0.4 is 0 Å². The summed E-state index contributed by atoms with van der Waals surface area (Å²) in [4.78, 5) is 0.396. The SMILES string of the molecule is BrC1C#C1. The molecule has 0 saturated carbocycles. The highest BCUT2D eigenvalue weighted by Gasteiger charge is 1.98. The van der Waals surface area contributed by atoms with Crippen LogP contribution in [0.2, 0.25) is 0 Å². The molecule has 0 aromatic heterocycles. The van der Waals surface area contributed by atoms with Gasteiger partial charge in [-0.1, -0.05) is 27.8 Å². The van der Waals surface area contributed by atoms with Gasteiger partial charge in [0.15, 0.2) is 0 Å². The Morgan fingerprint density at radius 2 is 1.75 bits per heavy atom. The summed E-state index contributed by atoms with van der Waals surface area (Å²) < 4.78 is 0. The molecule has 0 atom stereocenters. The van der Waals surface area contributed by atoms with Crippen LogP contribution in [0, 0.1) is 11.8 Å². The molecule has 0 unspecified atom stereocenters. The Morgan fingerprint density at radius 3 is 1.75 bits per heavy atom. The number of hydrogen-bond acceptors (Lipinski definition) is 0. The minimum Gasteiger partial charge on any atom is -0.0728 e. The second-order valence-corrected chi connectivity index (χ2v) is 1.57. The predicted molar refractivity (Wildman–Crippen MR) is 20.5 cm³/mol. The van der Waals surface area contributed by atoms with Crippen LogP contribution >= 0.6 is 15.9 Å². The van der Waals surface area contributed by atoms with Crippen molar-refractivity contribution >= 4 is 15.9 Å². The molecule has 1 rings (SSSR count). The van der Waals surface area contributed by atoms with Crippen molar-refractivity contribution in [2.75, 3.05) is 0 Å². The molecule has 1 heteroatoms. The van der Waals surface area contributed by atoms with Crippen LogP contribution in [-0.2, 0) is 0 Å². The lowest BCUT2D eigenvalue weighted by Crippen LogP contribution is -1.56. The molecule has 4 heavy (non-hydrogen) atoms. The predicted octanol–water partition coefficient (Wildman–Crippen LogP) is 0.767. The monoisotopic (exact) mass is 116 g/mol. The zero-order chi connectivity index (χ0) is 2.99. The zero-order valence-electron chi connectivity index (χ0n) is 1.96. The average molecular weight is 117 g/mol. The summed E-state index contributed by atoms with van der Waals surface area (Å²) in [6.45, 7) is 0. The van der Waals surface area contributed by atoms with E-state index in [1.54, 1.807) is 0 Å². The van der Waals surface area contributed by atoms with Crippen LogP contribution in [0.15, 0.2) is 0 Å². The Hall–Kier alpha value is 0.0400. The summed E-state index contributed by atoms with van der Waals surface area (Å²) in [5, 5.41) is 0. The fraction of sp³-hybridized carbons (Fsp3) is 0.333. The van der Waals surface area contributed by atoms with Gasteiger partial charge in [0.05, 0.1) is 0 Å². The molecule has 0 spiro atoms. The molecule has 0 fully saturated rings. The lowest BCUT2D eigenvalue weighted by molar-refractivity contribution is 1.83. The molecule has 1 aliphatic rings. The maximum absolute atomic E-state index is 3.16. The summed E-state index contributed by atoms with van der Waals surface area (Å²) in [5.41, 5.74) is 0. The van der Waals surface area contributed by atoms with Gasteiger partial charge in [0.2, 0.25) is 0 Å². The average Bonchev–Trinajstić information content (AvgIpc) is 1.75. The molecule has 1 aliphatic carbocycles. The number of rotatable bonds is 0. The second-order valence-electron chi connectivity index (χ2n) is 0.651. The van der Waals surface area contributed by atoms with Crippen LogP contribution in [0.25, 0.3) is 0 Å². The molecule has 0 aromatic rings. The first kappa shape index (κ1) is 2.29. The van der Waals surface area contributed by atoms with Crippen molar-refractivity contribution in [3.05, 3.63) is 0 Å². The van der Waals surface area contributed by atoms with E-state index in [0.29, 0.717) is 4.83 Å². The molecular weight excluding hydrogens is 116 g/mol. The van der Waals surface area contributed by atoms with Crippen molar-refractivity contribution in [1.29, 1.82) is 0 Å². The van der Waals surface area contributed by atoms with Gasteiger partial charge >= 0.3 is 0 Å². The first-order valence-corrected chi connectivity index (χ1v) is 1.96. The van der Waals surface area contributed by atoms with Crippen molar-refractivity contribution in [2.24, 2.45) is 0 Å². The fourth-order valence-corrected chi connectivity index (χ4v) is 0.164. The summed E-state index contributed by atoms with van der Waals surface area (Å²) >= 11 is 3.16. The standard InChI is InChI=1S/C3HBr/c4-3-1-2-3/h3H. The zero-order valence-corrected chi connectivity index (χ0v) is 3.54. The van der Waals surface area contributed by atoms with Crippen LogP contribution in [0.1, 0.15) is 0 Å². The number of hydrogen-bond donors (Lipinski definition) is 0. The molecule has 0 saturated heterocycles. The normalized spacial score (nSPS) is 18.2. The smallest absolute Gasteiger partial charge is 0.0728 e. The Kier molecular flexibility index (Phi) is 0.285. The summed E-state index contributed by atoms with van der Waals surface area (Å²) in [7, 11) is 0. The van der Waals surface area contributed by atoms with E-state index in [9.17, 15) is 0 Å². The van der Waals surface area contributed by atoms with E-state index in [-0.39, 0.29) is 0 Å². The van der Waals surface area contributed by atoms with Gasteiger partial charge in [-0.05, 0) is 0 Å². The highest BCUT2D eigenvalue weighted by Crippen LogP contribution is 2.03.